The number of esters is 1. The van der Waals surface area contributed by atoms with E-state index < -0.39 is 0 Å². The Morgan fingerprint density at radius 1 is 0.846 bits per heavy atom. The summed E-state index contributed by atoms with van der Waals surface area (Å²) < 4.78 is 5.43. The van der Waals surface area contributed by atoms with Crippen LogP contribution in [0.5, 0.6) is 0 Å². The number of hydrogen-bond donors (Lipinski definition) is 0. The minimum absolute atomic E-state index is 0.125. The molecule has 2 aromatic carbocycles. The molecular weight excluding hydrogens is 320 g/mol. The largest absolute Gasteiger partial charge is 0.463 e. The zero-order valence-corrected chi connectivity index (χ0v) is 14.8. The van der Waals surface area contributed by atoms with Crippen LogP contribution in [0.25, 0.3) is 5.57 Å². The number of fused-ring (bicyclic) bond motifs is 5. The van der Waals surface area contributed by atoms with E-state index in [2.05, 4.69) is 66.7 Å². The Morgan fingerprint density at radius 2 is 1.46 bits per heavy atom. The maximum absolute atomic E-state index is 12.8. The van der Waals surface area contributed by atoms with Crippen LogP contribution in [0.1, 0.15) is 24.0 Å². The van der Waals surface area contributed by atoms with Crippen LogP contribution in [-0.2, 0) is 9.53 Å². The second-order valence-corrected chi connectivity index (χ2v) is 7.44. The molecule has 3 aliphatic rings. The third-order valence-corrected chi connectivity index (χ3v) is 6.32. The highest BCUT2D eigenvalue weighted by Gasteiger charge is 2.61. The summed E-state index contributed by atoms with van der Waals surface area (Å²) in [5.74, 6) is 1.94. The van der Waals surface area contributed by atoms with E-state index in [-0.39, 0.29) is 5.97 Å². The van der Waals surface area contributed by atoms with Crippen molar-refractivity contribution in [3.63, 3.8) is 0 Å². The molecule has 0 radical (unpaired) electrons. The van der Waals surface area contributed by atoms with Gasteiger partial charge in [-0.15, -0.1) is 0 Å². The number of benzene rings is 2. The molecule has 0 aliphatic heterocycles. The molecule has 26 heavy (non-hydrogen) atoms. The van der Waals surface area contributed by atoms with Crippen molar-refractivity contribution < 1.29 is 9.53 Å². The Balaban J connectivity index is 1.59. The van der Waals surface area contributed by atoms with Crippen LogP contribution in [0.3, 0.4) is 0 Å². The third-order valence-electron chi connectivity index (χ3n) is 6.32. The van der Waals surface area contributed by atoms with Gasteiger partial charge in [0, 0.05) is 11.5 Å². The van der Waals surface area contributed by atoms with Gasteiger partial charge < -0.3 is 4.74 Å². The van der Waals surface area contributed by atoms with E-state index in [1.165, 1.54) is 16.7 Å². The van der Waals surface area contributed by atoms with Crippen molar-refractivity contribution in [1.29, 1.82) is 0 Å². The van der Waals surface area contributed by atoms with Gasteiger partial charge in [0.1, 0.15) is 0 Å². The molecule has 130 valence electrons. The molecule has 0 N–H and O–H groups in total. The minimum atomic E-state index is -0.125. The van der Waals surface area contributed by atoms with E-state index in [4.69, 9.17) is 4.74 Å². The Labute approximate surface area is 154 Å². The van der Waals surface area contributed by atoms with Gasteiger partial charge in [0.25, 0.3) is 0 Å². The van der Waals surface area contributed by atoms with E-state index in [0.29, 0.717) is 36.2 Å². The molecule has 2 bridgehead atoms. The van der Waals surface area contributed by atoms with Crippen molar-refractivity contribution in [3.05, 3.63) is 89.5 Å². The van der Waals surface area contributed by atoms with Crippen molar-refractivity contribution in [2.24, 2.45) is 23.7 Å². The molecule has 3 aliphatic carbocycles. The molecule has 5 atom stereocenters. The summed E-state index contributed by atoms with van der Waals surface area (Å²) in [6.07, 6.45) is 4.72. The zero-order valence-electron chi connectivity index (χ0n) is 14.8. The summed E-state index contributed by atoms with van der Waals surface area (Å²) in [5, 5.41) is 0. The highest BCUT2D eigenvalue weighted by atomic mass is 16.5. The lowest BCUT2D eigenvalue weighted by molar-refractivity contribution is -0.139. The molecule has 2 heteroatoms. The van der Waals surface area contributed by atoms with E-state index in [1.54, 1.807) is 0 Å². The number of rotatable bonds is 4. The molecule has 2 aromatic rings. The minimum Gasteiger partial charge on any atom is -0.463 e. The van der Waals surface area contributed by atoms with Crippen LogP contribution >= 0.6 is 0 Å². The number of allylic oxidation sites excluding steroid dienone is 3. The fourth-order valence-electron chi connectivity index (χ4n) is 5.46. The Morgan fingerprint density at radius 3 is 2.12 bits per heavy atom. The van der Waals surface area contributed by atoms with Crippen LogP contribution in [0.4, 0.5) is 0 Å². The molecule has 0 spiro atoms. The second-order valence-electron chi connectivity index (χ2n) is 7.44. The fourth-order valence-corrected chi connectivity index (χ4v) is 5.46. The zero-order chi connectivity index (χ0) is 17.7. The van der Waals surface area contributed by atoms with E-state index in [1.807, 2.05) is 13.0 Å². The number of ether oxygens (including phenoxy) is 1. The SMILES string of the molecule is CCOC(=O)C1=C(c2ccccc2)[C@@H]2[C@H]3C=C[C@@H]([C@H]12)[C@H]3c1ccccc1. The third kappa shape index (κ3) is 2.08. The van der Waals surface area contributed by atoms with Gasteiger partial charge in [0.15, 0.2) is 0 Å². The Kier molecular flexibility index (Phi) is 3.59. The van der Waals surface area contributed by atoms with Gasteiger partial charge in [-0.05, 0) is 47.3 Å². The molecule has 0 saturated heterocycles. The van der Waals surface area contributed by atoms with Crippen LogP contribution in [0.2, 0.25) is 0 Å². The average Bonchev–Trinajstić information content (AvgIpc) is 3.16. The Bertz CT molecular complexity index is 894. The van der Waals surface area contributed by atoms with E-state index >= 15 is 0 Å². The quantitative estimate of drug-likeness (QED) is 0.586. The summed E-state index contributed by atoms with van der Waals surface area (Å²) in [6.45, 7) is 2.30. The van der Waals surface area contributed by atoms with Crippen molar-refractivity contribution in [2.75, 3.05) is 6.61 Å². The predicted molar refractivity (Wildman–Crippen MR) is 102 cm³/mol. The molecule has 1 saturated carbocycles. The molecule has 0 unspecified atom stereocenters. The lowest BCUT2D eigenvalue weighted by atomic mass is 9.61. The van der Waals surface area contributed by atoms with Crippen molar-refractivity contribution in [2.45, 2.75) is 12.8 Å². The van der Waals surface area contributed by atoms with Gasteiger partial charge in [-0.2, -0.15) is 0 Å². The van der Waals surface area contributed by atoms with Crippen LogP contribution in [-0.4, -0.2) is 12.6 Å². The molecule has 5 rings (SSSR count). The van der Waals surface area contributed by atoms with Crippen molar-refractivity contribution in [1.82, 2.24) is 0 Å². The molecule has 0 heterocycles. The van der Waals surface area contributed by atoms with Crippen LogP contribution in [0.15, 0.2) is 78.4 Å². The molecule has 1 fully saturated rings. The van der Waals surface area contributed by atoms with Gasteiger partial charge in [-0.25, -0.2) is 4.79 Å². The van der Waals surface area contributed by atoms with Gasteiger partial charge in [0.2, 0.25) is 0 Å². The van der Waals surface area contributed by atoms with Gasteiger partial charge >= 0.3 is 5.97 Å². The number of hydrogen-bond acceptors (Lipinski definition) is 2. The molecule has 0 amide bonds. The van der Waals surface area contributed by atoms with E-state index in [0.717, 1.165) is 5.57 Å². The van der Waals surface area contributed by atoms with Crippen molar-refractivity contribution in [3.8, 4) is 0 Å². The number of carbonyl (C=O) groups is 1. The summed E-state index contributed by atoms with van der Waals surface area (Å²) in [4.78, 5) is 12.8. The van der Waals surface area contributed by atoms with Gasteiger partial charge in [-0.1, -0.05) is 72.8 Å². The first-order valence-electron chi connectivity index (χ1n) is 9.51. The summed E-state index contributed by atoms with van der Waals surface area (Å²) in [6, 6.07) is 21.1. The highest BCUT2D eigenvalue weighted by Crippen LogP contribution is 2.68. The topological polar surface area (TPSA) is 26.3 Å². The monoisotopic (exact) mass is 342 g/mol. The molecule has 2 nitrogen and oxygen atoms in total. The smallest absolute Gasteiger partial charge is 0.334 e. The number of carbonyl (C=O) groups excluding carboxylic acids is 1. The standard InChI is InChI=1S/C24H22O2/c1-2-26-24(25)23-20(16-11-7-4-8-12-16)21-17-13-14-18(22(21)23)19(17)15-9-5-3-6-10-15/h3-14,17-19,21-22H,2H2,1H3/t17-,18+,19-,21-,22-/m0/s1. The van der Waals surface area contributed by atoms with Gasteiger partial charge in [-0.3, -0.25) is 0 Å². The summed E-state index contributed by atoms with van der Waals surface area (Å²) in [5.41, 5.74) is 4.69. The van der Waals surface area contributed by atoms with Crippen molar-refractivity contribution >= 4 is 11.5 Å². The maximum atomic E-state index is 12.8. The first-order chi connectivity index (χ1) is 12.8. The molecule has 0 aromatic heterocycles. The average molecular weight is 342 g/mol. The van der Waals surface area contributed by atoms with Gasteiger partial charge in [0.05, 0.1) is 6.61 Å². The normalized spacial score (nSPS) is 30.9. The lowest BCUT2D eigenvalue weighted by Crippen LogP contribution is -2.37. The lowest BCUT2D eigenvalue weighted by Gasteiger charge is -2.42. The second kappa shape index (κ2) is 5.98. The summed E-state index contributed by atoms with van der Waals surface area (Å²) >= 11 is 0. The first kappa shape index (κ1) is 15.6. The van der Waals surface area contributed by atoms with E-state index in [9.17, 15) is 4.79 Å². The highest BCUT2D eigenvalue weighted by molar-refractivity contribution is 6.03. The first-order valence-corrected chi connectivity index (χ1v) is 9.51. The predicted octanol–water partition coefficient (Wildman–Crippen LogP) is 4.85. The van der Waals surface area contributed by atoms with Crippen LogP contribution in [0, 0.1) is 23.7 Å². The fraction of sp³-hybridized carbons (Fsp3) is 0.292. The Hall–Kier alpha value is -2.61. The maximum Gasteiger partial charge on any atom is 0.334 e. The summed E-state index contributed by atoms with van der Waals surface area (Å²) in [7, 11) is 0. The van der Waals surface area contributed by atoms with Crippen LogP contribution < -0.4 is 0 Å². The molecular formula is C24H22O2.